The van der Waals surface area contributed by atoms with Gasteiger partial charge in [-0.1, -0.05) is 0 Å². The van der Waals surface area contributed by atoms with Gasteiger partial charge < -0.3 is 40.4 Å². The highest BCUT2D eigenvalue weighted by Crippen LogP contribution is 2.55. The van der Waals surface area contributed by atoms with Crippen LogP contribution in [0.1, 0.15) is 23.3 Å². The maximum absolute atomic E-state index is 14.2. The number of hydrogen-bond donors (Lipinski definition) is 5. The van der Waals surface area contributed by atoms with Crippen molar-refractivity contribution in [2.75, 3.05) is 67.3 Å². The molecule has 6 N–H and O–H groups in total. The van der Waals surface area contributed by atoms with Gasteiger partial charge in [0.15, 0.2) is 11.4 Å². The molecule has 1 aromatic carbocycles. The van der Waals surface area contributed by atoms with Gasteiger partial charge in [-0.05, 0) is 77.8 Å². The summed E-state index contributed by atoms with van der Waals surface area (Å²) in [6.45, 7) is 2.22. The van der Waals surface area contributed by atoms with E-state index in [4.69, 9.17) is 10.2 Å². The predicted molar refractivity (Wildman–Crippen MR) is 171 cm³/mol. The van der Waals surface area contributed by atoms with Crippen LogP contribution in [0.15, 0.2) is 39.5 Å². The van der Waals surface area contributed by atoms with Crippen molar-refractivity contribution in [3.63, 3.8) is 0 Å². The number of furan rings is 1. The van der Waals surface area contributed by atoms with Gasteiger partial charge in [0.1, 0.15) is 34.4 Å². The minimum absolute atomic E-state index is 0.0125. The minimum Gasteiger partial charge on any atom is -0.508 e. The summed E-state index contributed by atoms with van der Waals surface area (Å²) in [7, 11) is 12.8. The first-order chi connectivity index (χ1) is 21.5. The lowest BCUT2D eigenvalue weighted by atomic mass is 9.57. The quantitative estimate of drug-likeness (QED) is 0.249. The summed E-state index contributed by atoms with van der Waals surface area (Å²) in [5.74, 6) is -5.86. The average Bonchev–Trinajstić information content (AvgIpc) is 3.41. The molecular formula is C33H43N5O8. The topological polar surface area (TPSA) is 184 Å². The number of amides is 1. The van der Waals surface area contributed by atoms with Crippen LogP contribution in [-0.2, 0) is 27.3 Å². The molecule has 13 heteroatoms. The third kappa shape index (κ3) is 5.16. The van der Waals surface area contributed by atoms with Gasteiger partial charge in [0.05, 0.1) is 23.7 Å². The zero-order valence-corrected chi connectivity index (χ0v) is 27.3. The summed E-state index contributed by atoms with van der Waals surface area (Å²) in [4.78, 5) is 47.3. The molecule has 1 heterocycles. The van der Waals surface area contributed by atoms with Gasteiger partial charge in [-0.25, -0.2) is 0 Å². The van der Waals surface area contributed by atoms with Crippen molar-refractivity contribution in [3.8, 4) is 17.1 Å². The fourth-order valence-electron chi connectivity index (χ4n) is 7.20. The molecule has 0 radical (unpaired) electrons. The van der Waals surface area contributed by atoms with E-state index >= 15 is 0 Å². The molecule has 0 spiro atoms. The van der Waals surface area contributed by atoms with Gasteiger partial charge in [-0.2, -0.15) is 0 Å². The third-order valence-electron chi connectivity index (χ3n) is 9.46. The first kappa shape index (κ1) is 33.2. The number of benzene rings is 1. The lowest BCUT2D eigenvalue weighted by Gasteiger charge is -2.50. The molecule has 0 unspecified atom stereocenters. The monoisotopic (exact) mass is 637 g/mol. The van der Waals surface area contributed by atoms with Crippen molar-refractivity contribution in [2.45, 2.75) is 31.0 Å². The Bertz CT molecular complexity index is 1670. The number of Topliss-reactive ketones (excluding diaryl/α,β-unsaturated/α-hetero) is 2. The maximum atomic E-state index is 14.2. The number of primary amides is 1. The van der Waals surface area contributed by atoms with E-state index in [2.05, 4.69) is 9.80 Å². The van der Waals surface area contributed by atoms with E-state index in [1.54, 1.807) is 26.2 Å². The molecule has 2 aromatic rings. The Morgan fingerprint density at radius 3 is 2.30 bits per heavy atom. The molecule has 248 valence electrons. The van der Waals surface area contributed by atoms with E-state index in [-0.39, 0.29) is 29.7 Å². The zero-order valence-electron chi connectivity index (χ0n) is 27.3. The minimum atomic E-state index is -2.70. The van der Waals surface area contributed by atoms with Crippen molar-refractivity contribution in [2.24, 2.45) is 17.6 Å². The summed E-state index contributed by atoms with van der Waals surface area (Å²) in [6.07, 6.45) is 0.208. The number of aliphatic hydroxyl groups excluding tert-OH is 2. The summed E-state index contributed by atoms with van der Waals surface area (Å²) in [6, 6.07) is 4.18. The molecule has 1 aromatic heterocycles. The number of anilines is 1. The highest BCUT2D eigenvalue weighted by molar-refractivity contribution is 6.24. The maximum Gasteiger partial charge on any atom is 0.255 e. The van der Waals surface area contributed by atoms with E-state index < -0.39 is 58.0 Å². The normalized spacial score (nSPS) is 24.5. The Morgan fingerprint density at radius 2 is 1.72 bits per heavy atom. The van der Waals surface area contributed by atoms with Crippen LogP contribution in [0.4, 0.5) is 5.69 Å². The van der Waals surface area contributed by atoms with Crippen LogP contribution >= 0.6 is 0 Å². The van der Waals surface area contributed by atoms with Gasteiger partial charge >= 0.3 is 0 Å². The first-order valence-electron chi connectivity index (χ1n) is 15.1. The number of carbonyl (C=O) groups is 3. The molecule has 3 aliphatic rings. The Morgan fingerprint density at radius 1 is 1.04 bits per heavy atom. The van der Waals surface area contributed by atoms with Crippen LogP contribution in [0, 0.1) is 11.8 Å². The van der Waals surface area contributed by atoms with Gasteiger partial charge in [-0.3, -0.25) is 24.2 Å². The molecule has 4 atom stereocenters. The smallest absolute Gasteiger partial charge is 0.255 e. The molecule has 0 aliphatic heterocycles. The summed E-state index contributed by atoms with van der Waals surface area (Å²) >= 11 is 0. The van der Waals surface area contributed by atoms with Crippen LogP contribution in [-0.4, -0.2) is 127 Å². The molecule has 0 saturated heterocycles. The molecule has 5 rings (SSSR count). The molecular weight excluding hydrogens is 594 g/mol. The Labute approximate surface area is 267 Å². The number of aromatic hydroxyl groups is 1. The second-order valence-electron chi connectivity index (χ2n) is 13.3. The number of nitrogens with two attached hydrogens (primary N) is 1. The summed E-state index contributed by atoms with van der Waals surface area (Å²) in [5.41, 5.74) is 3.23. The van der Waals surface area contributed by atoms with Gasteiger partial charge in [0.2, 0.25) is 5.78 Å². The number of aliphatic hydroxyl groups is 3. The standard InChI is InChI=1S/C33H43N5O8/c1-35(2)10-11-38(7)15-17-8-9-22(46-17)19-14-21(36(3)4)18-12-16-13-20-26(37(5)6)29(41)25(32(34)44)31(43)33(20,45)30(42)23(16)28(40)24(18)27(19)39/h8-9,14,16,20,26,39-40,43,45H,10-13,15H2,1-7H3,(H2,34,44)/t16-,20-,26-,33-/m1/s1. The molecule has 46 heavy (non-hydrogen) atoms. The summed E-state index contributed by atoms with van der Waals surface area (Å²) in [5, 5.41) is 46.4. The zero-order chi connectivity index (χ0) is 34.0. The van der Waals surface area contributed by atoms with Crippen LogP contribution in [0.3, 0.4) is 0 Å². The highest BCUT2D eigenvalue weighted by atomic mass is 16.4. The molecule has 1 amide bonds. The number of phenolic OH excluding ortho intramolecular Hbond substituents is 1. The SMILES string of the molecule is CN(C)CCN(C)Cc1ccc(-c2cc(N(C)C)c3c(c2O)C(O)=C2C(=O)[C@@]4(O)C(O)=C(C(N)=O)C(=O)[C@H](N(C)C)[C@H]4C[C@H]2C3)o1. The molecule has 3 aliphatic carbocycles. The molecule has 13 nitrogen and oxygen atoms in total. The van der Waals surface area contributed by atoms with E-state index in [1.165, 1.54) is 4.90 Å². The Hall–Kier alpha value is -4.17. The van der Waals surface area contributed by atoms with Gasteiger partial charge in [0.25, 0.3) is 5.91 Å². The van der Waals surface area contributed by atoms with Gasteiger partial charge in [-0.15, -0.1) is 0 Å². The van der Waals surface area contributed by atoms with Crippen molar-refractivity contribution >= 4 is 28.9 Å². The number of nitrogens with zero attached hydrogens (tertiary/aromatic N) is 4. The second kappa shape index (κ2) is 11.9. The Balaban J connectivity index is 1.63. The number of ketones is 2. The van der Waals surface area contributed by atoms with E-state index in [1.807, 2.05) is 46.2 Å². The lowest BCUT2D eigenvalue weighted by Crippen LogP contribution is -2.65. The molecule has 0 bridgehead atoms. The predicted octanol–water partition coefficient (Wildman–Crippen LogP) is 1.28. The van der Waals surface area contributed by atoms with Crippen LogP contribution < -0.4 is 10.6 Å². The van der Waals surface area contributed by atoms with Crippen LogP contribution in [0.5, 0.6) is 5.75 Å². The number of phenols is 1. The number of hydrogen-bond acceptors (Lipinski definition) is 12. The van der Waals surface area contributed by atoms with Gasteiger partial charge in [0, 0.05) is 44.4 Å². The highest BCUT2D eigenvalue weighted by Gasteiger charge is 2.64. The van der Waals surface area contributed by atoms with E-state index in [9.17, 15) is 34.8 Å². The van der Waals surface area contributed by atoms with Crippen molar-refractivity contribution in [1.29, 1.82) is 0 Å². The van der Waals surface area contributed by atoms with E-state index in [0.717, 1.165) is 13.1 Å². The first-order valence-corrected chi connectivity index (χ1v) is 15.1. The molecule has 1 saturated carbocycles. The lowest BCUT2D eigenvalue weighted by molar-refractivity contribution is -0.153. The van der Waals surface area contributed by atoms with E-state index in [0.29, 0.717) is 34.9 Å². The largest absolute Gasteiger partial charge is 0.508 e. The average molecular weight is 638 g/mol. The van der Waals surface area contributed by atoms with Crippen LogP contribution in [0.2, 0.25) is 0 Å². The fraction of sp³-hybridized carbons (Fsp3) is 0.485. The Kier molecular flexibility index (Phi) is 8.58. The number of carbonyl (C=O) groups excluding carboxylic acids is 3. The second-order valence-corrected chi connectivity index (χ2v) is 13.3. The third-order valence-corrected chi connectivity index (χ3v) is 9.46. The van der Waals surface area contributed by atoms with Crippen molar-refractivity contribution < 1.29 is 39.2 Å². The van der Waals surface area contributed by atoms with Crippen LogP contribution in [0.25, 0.3) is 17.1 Å². The molecule has 1 fully saturated rings. The van der Waals surface area contributed by atoms with Crippen molar-refractivity contribution in [1.82, 2.24) is 14.7 Å². The number of rotatable bonds is 9. The number of likely N-dealkylation sites (N-methyl/N-ethyl adjacent to an activating group) is 3. The number of fused-ring (bicyclic) bond motifs is 3. The van der Waals surface area contributed by atoms with Crippen molar-refractivity contribution in [3.05, 3.63) is 52.0 Å². The fourth-order valence-corrected chi connectivity index (χ4v) is 7.20. The summed E-state index contributed by atoms with van der Waals surface area (Å²) < 4.78 is 6.14.